The molecule has 0 bridgehead atoms. The summed E-state index contributed by atoms with van der Waals surface area (Å²) in [4.78, 5) is 25.3. The summed E-state index contributed by atoms with van der Waals surface area (Å²) in [5.41, 5.74) is 3.53. The number of pyridine rings is 1. The van der Waals surface area contributed by atoms with Crippen LogP contribution in [0.2, 0.25) is 0 Å². The van der Waals surface area contributed by atoms with E-state index in [0.717, 1.165) is 32.0 Å². The first kappa shape index (κ1) is 15.5. The van der Waals surface area contributed by atoms with Gasteiger partial charge in [-0.1, -0.05) is 6.07 Å². The Morgan fingerprint density at radius 3 is 3.04 bits per heavy atom. The second-order valence-electron chi connectivity index (χ2n) is 5.73. The van der Waals surface area contributed by atoms with Gasteiger partial charge in [0, 0.05) is 40.1 Å². The minimum Gasteiger partial charge on any atom is -0.361 e. The zero-order chi connectivity index (χ0) is 17.2. The Morgan fingerprint density at radius 1 is 1.28 bits per heavy atom. The van der Waals surface area contributed by atoms with Gasteiger partial charge in [0.15, 0.2) is 0 Å². The van der Waals surface area contributed by atoms with E-state index in [1.54, 1.807) is 23.7 Å². The molecule has 0 aliphatic heterocycles. The van der Waals surface area contributed by atoms with E-state index in [1.807, 2.05) is 49.5 Å². The van der Waals surface area contributed by atoms with E-state index in [2.05, 4.69) is 20.3 Å². The van der Waals surface area contributed by atoms with Crippen molar-refractivity contribution in [2.75, 3.05) is 0 Å². The lowest BCUT2D eigenvalue weighted by Gasteiger charge is -2.04. The molecule has 0 fully saturated rings. The van der Waals surface area contributed by atoms with Gasteiger partial charge in [-0.3, -0.25) is 9.78 Å². The molecule has 1 amide bonds. The van der Waals surface area contributed by atoms with Crippen LogP contribution in [0, 0.1) is 6.92 Å². The van der Waals surface area contributed by atoms with Crippen molar-refractivity contribution in [2.45, 2.75) is 13.5 Å². The molecule has 3 heterocycles. The largest absolute Gasteiger partial charge is 0.361 e. The monoisotopic (exact) mass is 348 g/mol. The van der Waals surface area contributed by atoms with E-state index in [0.29, 0.717) is 12.1 Å². The molecular weight excluding hydrogens is 332 g/mol. The Hall–Kier alpha value is -2.99. The van der Waals surface area contributed by atoms with Gasteiger partial charge < -0.3 is 10.3 Å². The summed E-state index contributed by atoms with van der Waals surface area (Å²) < 4.78 is 0. The number of thiazole rings is 1. The topological polar surface area (TPSA) is 70.7 Å². The molecule has 1 aromatic carbocycles. The van der Waals surface area contributed by atoms with Gasteiger partial charge in [-0.15, -0.1) is 11.3 Å². The molecule has 2 N–H and O–H groups in total. The summed E-state index contributed by atoms with van der Waals surface area (Å²) in [6, 6.07) is 11.5. The van der Waals surface area contributed by atoms with Crippen LogP contribution >= 0.6 is 11.3 Å². The summed E-state index contributed by atoms with van der Waals surface area (Å²) in [5.74, 6) is -0.0905. The molecule has 0 aliphatic rings. The van der Waals surface area contributed by atoms with E-state index in [1.165, 1.54) is 0 Å². The molecule has 0 atom stereocenters. The smallest absolute Gasteiger partial charge is 0.251 e. The lowest BCUT2D eigenvalue weighted by Crippen LogP contribution is -2.22. The standard InChI is InChI=1S/C19H16N4OS/c1-12-17(25-19(23-12)15-3-2-7-20-10-15)11-22-18(24)14-5-4-13-6-8-21-16(13)9-14/h2-10,21H,11H2,1H3,(H,22,24). The highest BCUT2D eigenvalue weighted by atomic mass is 32.1. The van der Waals surface area contributed by atoms with Crippen molar-refractivity contribution in [2.24, 2.45) is 0 Å². The maximum atomic E-state index is 12.4. The third-order valence-corrected chi connectivity index (χ3v) is 5.23. The molecule has 0 spiro atoms. The molecule has 0 saturated carbocycles. The van der Waals surface area contributed by atoms with Crippen LogP contribution in [0.4, 0.5) is 0 Å². The SMILES string of the molecule is Cc1nc(-c2cccnc2)sc1CNC(=O)c1ccc2cc[nH]c2c1. The number of hydrogen-bond donors (Lipinski definition) is 2. The first-order valence-corrected chi connectivity index (χ1v) is 8.74. The van der Waals surface area contributed by atoms with Crippen molar-refractivity contribution in [3.05, 3.63) is 71.1 Å². The van der Waals surface area contributed by atoms with E-state index >= 15 is 0 Å². The van der Waals surface area contributed by atoms with Crippen molar-refractivity contribution in [1.29, 1.82) is 0 Å². The average Bonchev–Trinajstić information content (AvgIpc) is 3.26. The minimum atomic E-state index is -0.0905. The summed E-state index contributed by atoms with van der Waals surface area (Å²) in [6.07, 6.45) is 5.41. The van der Waals surface area contributed by atoms with Gasteiger partial charge in [-0.2, -0.15) is 0 Å². The van der Waals surface area contributed by atoms with Gasteiger partial charge in [0.25, 0.3) is 5.91 Å². The lowest BCUT2D eigenvalue weighted by molar-refractivity contribution is 0.0951. The maximum Gasteiger partial charge on any atom is 0.251 e. The molecule has 5 nitrogen and oxygen atoms in total. The van der Waals surface area contributed by atoms with Gasteiger partial charge in [-0.25, -0.2) is 4.98 Å². The summed E-state index contributed by atoms with van der Waals surface area (Å²) >= 11 is 1.58. The molecule has 0 aliphatic carbocycles. The van der Waals surface area contributed by atoms with Crippen molar-refractivity contribution in [1.82, 2.24) is 20.3 Å². The highest BCUT2D eigenvalue weighted by Gasteiger charge is 2.12. The fourth-order valence-corrected chi connectivity index (χ4v) is 3.65. The van der Waals surface area contributed by atoms with Crippen molar-refractivity contribution < 1.29 is 4.79 Å². The van der Waals surface area contributed by atoms with E-state index in [9.17, 15) is 4.79 Å². The van der Waals surface area contributed by atoms with Crippen molar-refractivity contribution in [3.63, 3.8) is 0 Å². The first-order valence-electron chi connectivity index (χ1n) is 7.93. The highest BCUT2D eigenvalue weighted by Crippen LogP contribution is 2.27. The summed E-state index contributed by atoms with van der Waals surface area (Å²) in [5, 5.41) is 4.99. The number of carbonyl (C=O) groups is 1. The summed E-state index contributed by atoms with van der Waals surface area (Å²) in [7, 11) is 0. The fraction of sp³-hybridized carbons (Fsp3) is 0.105. The van der Waals surface area contributed by atoms with Crippen LogP contribution in [0.1, 0.15) is 20.9 Å². The third-order valence-electron chi connectivity index (χ3n) is 4.03. The van der Waals surface area contributed by atoms with Gasteiger partial charge >= 0.3 is 0 Å². The van der Waals surface area contributed by atoms with E-state index in [4.69, 9.17) is 0 Å². The van der Waals surface area contributed by atoms with Gasteiger partial charge in [0.2, 0.25) is 0 Å². The number of aryl methyl sites for hydroxylation is 1. The van der Waals surface area contributed by atoms with E-state index in [-0.39, 0.29) is 5.91 Å². The molecule has 0 saturated heterocycles. The Labute approximate surface area is 148 Å². The predicted octanol–water partition coefficient (Wildman–Crippen LogP) is 3.92. The number of rotatable bonds is 4. The number of carbonyl (C=O) groups excluding carboxylic acids is 1. The number of amides is 1. The molecule has 6 heteroatoms. The Balaban J connectivity index is 1.49. The third kappa shape index (κ3) is 3.16. The fourth-order valence-electron chi connectivity index (χ4n) is 2.66. The van der Waals surface area contributed by atoms with Gasteiger partial charge in [-0.05, 0) is 42.6 Å². The minimum absolute atomic E-state index is 0.0905. The Bertz CT molecular complexity index is 1040. The second-order valence-corrected chi connectivity index (χ2v) is 6.82. The van der Waals surface area contributed by atoms with Crippen molar-refractivity contribution in [3.8, 4) is 10.6 Å². The number of aromatic nitrogens is 3. The zero-order valence-corrected chi connectivity index (χ0v) is 14.4. The number of hydrogen-bond acceptors (Lipinski definition) is 4. The van der Waals surface area contributed by atoms with Crippen LogP contribution in [-0.4, -0.2) is 20.9 Å². The quantitative estimate of drug-likeness (QED) is 0.587. The number of aromatic amines is 1. The molecule has 3 aromatic heterocycles. The van der Waals surface area contributed by atoms with Crippen LogP contribution in [0.3, 0.4) is 0 Å². The van der Waals surface area contributed by atoms with Crippen LogP contribution in [0.15, 0.2) is 55.0 Å². The Morgan fingerprint density at radius 2 is 2.20 bits per heavy atom. The van der Waals surface area contributed by atoms with Gasteiger partial charge in [0.1, 0.15) is 5.01 Å². The number of nitrogens with one attached hydrogen (secondary N) is 2. The van der Waals surface area contributed by atoms with Crippen LogP contribution in [0.25, 0.3) is 21.5 Å². The molecule has 4 aromatic rings. The lowest BCUT2D eigenvalue weighted by atomic mass is 10.1. The van der Waals surface area contributed by atoms with Crippen LogP contribution in [-0.2, 0) is 6.54 Å². The summed E-state index contributed by atoms with van der Waals surface area (Å²) in [6.45, 7) is 2.42. The maximum absolute atomic E-state index is 12.4. The molecule has 124 valence electrons. The average molecular weight is 348 g/mol. The van der Waals surface area contributed by atoms with Crippen LogP contribution < -0.4 is 5.32 Å². The number of fused-ring (bicyclic) bond motifs is 1. The van der Waals surface area contributed by atoms with Gasteiger partial charge in [0.05, 0.1) is 12.2 Å². The first-order chi connectivity index (χ1) is 12.2. The Kier molecular flexibility index (Phi) is 4.03. The molecule has 0 unspecified atom stereocenters. The highest BCUT2D eigenvalue weighted by molar-refractivity contribution is 7.15. The molecule has 4 rings (SSSR count). The second kappa shape index (κ2) is 6.49. The van der Waals surface area contributed by atoms with Crippen molar-refractivity contribution >= 4 is 28.1 Å². The number of H-pyrrole nitrogens is 1. The van der Waals surface area contributed by atoms with E-state index < -0.39 is 0 Å². The molecular formula is C19H16N4OS. The van der Waals surface area contributed by atoms with Crippen LogP contribution in [0.5, 0.6) is 0 Å². The number of nitrogens with zero attached hydrogens (tertiary/aromatic N) is 2. The number of benzene rings is 1. The molecule has 25 heavy (non-hydrogen) atoms. The predicted molar refractivity (Wildman–Crippen MR) is 99.6 cm³/mol. The normalized spacial score (nSPS) is 10.9. The molecule has 0 radical (unpaired) electrons. The zero-order valence-electron chi connectivity index (χ0n) is 13.6.